The summed E-state index contributed by atoms with van der Waals surface area (Å²) >= 11 is 11.8. The normalized spacial score (nSPS) is 12.4. The monoisotopic (exact) mass is 524 g/mol. The van der Waals surface area contributed by atoms with Gasteiger partial charge in [-0.25, -0.2) is 16.8 Å². The molecule has 6 nitrogen and oxygen atoms in total. The minimum atomic E-state index is -4.75. The van der Waals surface area contributed by atoms with E-state index in [2.05, 4.69) is 9.44 Å². The highest BCUT2D eigenvalue weighted by atomic mass is 35.5. The van der Waals surface area contributed by atoms with Gasteiger partial charge in [0.25, 0.3) is 20.0 Å². The summed E-state index contributed by atoms with van der Waals surface area (Å²) in [5, 5.41) is -0.0208. The number of sulfonamides is 2. The highest BCUT2D eigenvalue weighted by molar-refractivity contribution is 7.93. The predicted octanol–water partition coefficient (Wildman–Crippen LogP) is 5.61. The number of nitrogens with one attached hydrogen (secondary N) is 2. The molecule has 0 spiro atoms. The third kappa shape index (κ3) is 5.47. The van der Waals surface area contributed by atoms with E-state index in [-0.39, 0.29) is 26.3 Å². The summed E-state index contributed by atoms with van der Waals surface area (Å²) in [5.74, 6) is 0. The Labute approximate surface area is 192 Å². The van der Waals surface area contributed by atoms with Gasteiger partial charge < -0.3 is 0 Å². The average molecular weight is 525 g/mol. The highest BCUT2D eigenvalue weighted by Gasteiger charge is 2.32. The number of hydrogen-bond donors (Lipinski definition) is 2. The Morgan fingerprint density at radius 1 is 0.719 bits per heavy atom. The highest BCUT2D eigenvalue weighted by Crippen LogP contribution is 2.33. The van der Waals surface area contributed by atoms with Crippen LogP contribution < -0.4 is 9.44 Å². The lowest BCUT2D eigenvalue weighted by molar-refractivity contribution is -0.137. The zero-order valence-corrected chi connectivity index (χ0v) is 18.8. The van der Waals surface area contributed by atoms with Gasteiger partial charge in [0.15, 0.2) is 0 Å². The molecule has 3 aromatic carbocycles. The maximum absolute atomic E-state index is 13.0. The molecule has 0 atom stereocenters. The molecule has 0 aliphatic rings. The van der Waals surface area contributed by atoms with E-state index in [1.165, 1.54) is 36.4 Å². The summed E-state index contributed by atoms with van der Waals surface area (Å²) in [7, 11) is -8.77. The molecule has 0 aliphatic carbocycles. The van der Waals surface area contributed by atoms with Crippen LogP contribution in [0.4, 0.5) is 24.5 Å². The summed E-state index contributed by atoms with van der Waals surface area (Å²) in [5.41, 5.74) is -1.68. The van der Waals surface area contributed by atoms with Crippen molar-refractivity contribution in [1.82, 2.24) is 0 Å². The Kier molecular flexibility index (Phi) is 6.66. The molecule has 13 heteroatoms. The first-order valence-corrected chi connectivity index (χ1v) is 12.3. The third-order valence-electron chi connectivity index (χ3n) is 4.07. The molecule has 0 bridgehead atoms. The van der Waals surface area contributed by atoms with Crippen molar-refractivity contribution < 1.29 is 30.0 Å². The van der Waals surface area contributed by atoms with Crippen LogP contribution in [0.1, 0.15) is 5.56 Å². The smallest absolute Gasteiger partial charge is 0.277 e. The van der Waals surface area contributed by atoms with Gasteiger partial charge in [-0.1, -0.05) is 41.4 Å². The fourth-order valence-electron chi connectivity index (χ4n) is 2.60. The second-order valence-corrected chi connectivity index (χ2v) is 10.5. The molecule has 0 aromatic heterocycles. The van der Waals surface area contributed by atoms with E-state index in [9.17, 15) is 30.0 Å². The minimum Gasteiger partial charge on any atom is -0.277 e. The Morgan fingerprint density at radius 2 is 1.38 bits per heavy atom. The molecular weight excluding hydrogens is 512 g/mol. The number of alkyl halides is 3. The van der Waals surface area contributed by atoms with Crippen molar-refractivity contribution >= 4 is 54.6 Å². The van der Waals surface area contributed by atoms with Crippen molar-refractivity contribution in [2.24, 2.45) is 0 Å². The Hall–Kier alpha value is -2.47. The van der Waals surface area contributed by atoms with Crippen molar-refractivity contribution in [2.75, 3.05) is 9.44 Å². The van der Waals surface area contributed by atoms with Crippen molar-refractivity contribution in [3.05, 3.63) is 82.3 Å². The molecular formula is C19H13Cl2F3N2O4S2. The van der Waals surface area contributed by atoms with Gasteiger partial charge in [-0.3, -0.25) is 9.44 Å². The van der Waals surface area contributed by atoms with Gasteiger partial charge in [0.2, 0.25) is 0 Å². The number of anilines is 2. The van der Waals surface area contributed by atoms with E-state index < -0.39 is 36.7 Å². The van der Waals surface area contributed by atoms with Crippen LogP contribution in [0.15, 0.2) is 76.5 Å². The van der Waals surface area contributed by atoms with Crippen LogP contribution in [0, 0.1) is 0 Å². The van der Waals surface area contributed by atoms with Crippen LogP contribution in [0.3, 0.4) is 0 Å². The molecule has 0 heterocycles. The number of hydrogen-bond acceptors (Lipinski definition) is 4. The molecule has 0 amide bonds. The van der Waals surface area contributed by atoms with Crippen molar-refractivity contribution in [2.45, 2.75) is 16.0 Å². The molecule has 0 fully saturated rings. The first-order valence-electron chi connectivity index (χ1n) is 8.56. The molecule has 32 heavy (non-hydrogen) atoms. The number of benzene rings is 3. The van der Waals surface area contributed by atoms with Crippen LogP contribution in [-0.2, 0) is 26.2 Å². The zero-order chi connectivity index (χ0) is 23.7. The topological polar surface area (TPSA) is 92.3 Å². The van der Waals surface area contributed by atoms with Gasteiger partial charge in [0.1, 0.15) is 4.90 Å². The van der Waals surface area contributed by atoms with Crippen molar-refractivity contribution in [1.29, 1.82) is 0 Å². The van der Waals surface area contributed by atoms with Crippen LogP contribution in [0.2, 0.25) is 10.0 Å². The Bertz CT molecular complexity index is 1380. The van der Waals surface area contributed by atoms with Crippen LogP contribution in [0.5, 0.6) is 0 Å². The molecule has 0 radical (unpaired) electrons. The molecule has 3 rings (SSSR count). The minimum absolute atomic E-state index is 0.0485. The third-order valence-corrected chi connectivity index (χ3v) is 7.53. The lowest BCUT2D eigenvalue weighted by Gasteiger charge is -2.16. The summed E-state index contributed by atoms with van der Waals surface area (Å²) in [6.45, 7) is 0. The molecule has 2 N–H and O–H groups in total. The van der Waals surface area contributed by atoms with E-state index in [0.717, 1.165) is 24.3 Å². The second-order valence-electron chi connectivity index (χ2n) is 6.36. The van der Waals surface area contributed by atoms with Gasteiger partial charge >= 0.3 is 6.18 Å². The maximum atomic E-state index is 13.0. The van der Waals surface area contributed by atoms with E-state index in [1.807, 2.05) is 0 Å². The average Bonchev–Trinajstić information content (AvgIpc) is 2.69. The van der Waals surface area contributed by atoms with Gasteiger partial charge in [0.05, 0.1) is 26.9 Å². The van der Waals surface area contributed by atoms with Crippen molar-refractivity contribution in [3.63, 3.8) is 0 Å². The fourth-order valence-corrected chi connectivity index (χ4v) is 5.48. The van der Waals surface area contributed by atoms with Gasteiger partial charge in [-0.2, -0.15) is 13.2 Å². The van der Waals surface area contributed by atoms with Gasteiger partial charge in [-0.05, 0) is 48.5 Å². The first-order chi connectivity index (χ1) is 14.8. The first kappa shape index (κ1) is 24.2. The molecule has 0 saturated heterocycles. The molecule has 0 saturated carbocycles. The van der Waals surface area contributed by atoms with E-state index in [1.54, 1.807) is 0 Å². The second kappa shape index (κ2) is 8.81. The lowest BCUT2D eigenvalue weighted by Crippen LogP contribution is -2.18. The lowest BCUT2D eigenvalue weighted by atomic mass is 10.2. The summed E-state index contributed by atoms with van der Waals surface area (Å²) < 4.78 is 94.0. The van der Waals surface area contributed by atoms with E-state index in [4.69, 9.17) is 23.2 Å². The predicted molar refractivity (Wildman–Crippen MR) is 116 cm³/mol. The quantitative estimate of drug-likeness (QED) is 0.438. The molecule has 3 aromatic rings. The molecule has 170 valence electrons. The molecule has 0 unspecified atom stereocenters. The Balaban J connectivity index is 2.00. The largest absolute Gasteiger partial charge is 0.416 e. The van der Waals surface area contributed by atoms with Crippen LogP contribution in [0.25, 0.3) is 0 Å². The van der Waals surface area contributed by atoms with Crippen molar-refractivity contribution in [3.8, 4) is 0 Å². The van der Waals surface area contributed by atoms with Gasteiger partial charge in [0, 0.05) is 5.02 Å². The van der Waals surface area contributed by atoms with Crippen LogP contribution >= 0.6 is 23.2 Å². The summed E-state index contributed by atoms with van der Waals surface area (Å²) in [6.07, 6.45) is -4.75. The standard InChI is InChI=1S/C19H13Cl2F3N2O4S2/c20-13-8-9-16(25-32(29,30)18-7-2-1-6-15(18)21)17(11-13)26-31(27,28)14-5-3-4-12(10-14)19(22,23)24/h1-11,25-26H. The summed E-state index contributed by atoms with van der Waals surface area (Å²) in [6, 6.07) is 12.3. The maximum Gasteiger partial charge on any atom is 0.416 e. The number of halogens is 5. The van der Waals surface area contributed by atoms with E-state index >= 15 is 0 Å². The fraction of sp³-hybridized carbons (Fsp3) is 0.0526. The zero-order valence-electron chi connectivity index (χ0n) is 15.7. The van der Waals surface area contributed by atoms with Crippen LogP contribution in [-0.4, -0.2) is 16.8 Å². The SMILES string of the molecule is O=S(=O)(Nc1cc(Cl)ccc1NS(=O)(=O)c1ccccc1Cl)c1cccc(C(F)(F)F)c1. The Morgan fingerprint density at radius 3 is 2.03 bits per heavy atom. The molecule has 0 aliphatic heterocycles. The summed E-state index contributed by atoms with van der Waals surface area (Å²) in [4.78, 5) is -0.935. The number of rotatable bonds is 6. The van der Waals surface area contributed by atoms with E-state index in [0.29, 0.717) is 6.07 Å². The van der Waals surface area contributed by atoms with Gasteiger partial charge in [-0.15, -0.1) is 0 Å².